The van der Waals surface area contributed by atoms with Gasteiger partial charge in [0.2, 0.25) is 0 Å². The van der Waals surface area contributed by atoms with Crippen LogP contribution in [-0.4, -0.2) is 6.04 Å². The van der Waals surface area contributed by atoms with Crippen molar-refractivity contribution in [3.8, 4) is 6.07 Å². The zero-order valence-electron chi connectivity index (χ0n) is 12.2. The molecule has 5 heteroatoms. The number of benzene rings is 1. The molecule has 0 aromatic heterocycles. The predicted octanol–water partition coefficient (Wildman–Crippen LogP) is 4.96. The Bertz CT molecular complexity index is 546. The molecule has 0 unspecified atom stereocenters. The molecule has 0 spiro atoms. The first-order valence-electron chi connectivity index (χ1n) is 7.09. The van der Waals surface area contributed by atoms with Gasteiger partial charge in [-0.2, -0.15) is 18.4 Å². The van der Waals surface area contributed by atoms with E-state index in [0.717, 1.165) is 31.7 Å². The number of halogens is 3. The summed E-state index contributed by atoms with van der Waals surface area (Å²) in [4.78, 5) is 0. The van der Waals surface area contributed by atoms with Crippen molar-refractivity contribution < 1.29 is 13.2 Å². The van der Waals surface area contributed by atoms with Gasteiger partial charge in [-0.25, -0.2) is 0 Å². The van der Waals surface area contributed by atoms with Crippen molar-refractivity contribution in [3.05, 3.63) is 29.3 Å². The van der Waals surface area contributed by atoms with Gasteiger partial charge in [0.05, 0.1) is 17.2 Å². The van der Waals surface area contributed by atoms with Gasteiger partial charge in [0.25, 0.3) is 0 Å². The summed E-state index contributed by atoms with van der Waals surface area (Å²) < 4.78 is 38.2. The van der Waals surface area contributed by atoms with E-state index in [1.165, 1.54) is 12.1 Å². The fraction of sp³-hybridized carbons (Fsp3) is 0.562. The molecular weight excluding hydrogens is 277 g/mol. The van der Waals surface area contributed by atoms with Gasteiger partial charge in [0, 0.05) is 11.7 Å². The Balaban J connectivity index is 2.11. The van der Waals surface area contributed by atoms with E-state index in [1.54, 1.807) is 6.07 Å². The highest BCUT2D eigenvalue weighted by molar-refractivity contribution is 5.54. The average Bonchev–Trinajstić information content (AvgIpc) is 2.40. The normalized spacial score (nSPS) is 19.0. The largest absolute Gasteiger partial charge is 0.417 e. The zero-order chi connectivity index (χ0) is 15.7. The van der Waals surface area contributed by atoms with Gasteiger partial charge < -0.3 is 5.32 Å². The van der Waals surface area contributed by atoms with Crippen LogP contribution in [-0.2, 0) is 6.18 Å². The molecule has 0 saturated heterocycles. The molecule has 1 aliphatic carbocycles. The van der Waals surface area contributed by atoms with Crippen molar-refractivity contribution in [2.24, 2.45) is 5.41 Å². The molecule has 1 fully saturated rings. The lowest BCUT2D eigenvalue weighted by molar-refractivity contribution is -0.137. The number of rotatable bonds is 2. The second kappa shape index (κ2) is 5.59. The van der Waals surface area contributed by atoms with Crippen molar-refractivity contribution in [3.63, 3.8) is 0 Å². The average molecular weight is 296 g/mol. The summed E-state index contributed by atoms with van der Waals surface area (Å²) in [5, 5.41) is 12.2. The van der Waals surface area contributed by atoms with E-state index in [9.17, 15) is 13.2 Å². The van der Waals surface area contributed by atoms with E-state index in [1.807, 2.05) is 0 Å². The Morgan fingerprint density at radius 2 is 1.86 bits per heavy atom. The summed E-state index contributed by atoms with van der Waals surface area (Å²) in [6, 6.07) is 5.58. The Kier molecular flexibility index (Phi) is 4.18. The molecule has 1 aliphatic rings. The number of hydrogen-bond acceptors (Lipinski definition) is 2. The molecule has 1 aromatic rings. The fourth-order valence-corrected chi connectivity index (χ4v) is 2.75. The highest BCUT2D eigenvalue weighted by Gasteiger charge is 2.33. The molecule has 0 radical (unpaired) electrons. The van der Waals surface area contributed by atoms with E-state index in [2.05, 4.69) is 19.2 Å². The predicted molar refractivity (Wildman–Crippen MR) is 75.8 cm³/mol. The molecular formula is C16H19F3N2. The summed E-state index contributed by atoms with van der Waals surface area (Å²) in [6.45, 7) is 4.46. The van der Waals surface area contributed by atoms with Crippen LogP contribution in [0.1, 0.15) is 50.7 Å². The molecule has 2 rings (SSSR count). The summed E-state index contributed by atoms with van der Waals surface area (Å²) in [5.74, 6) is 0. The molecule has 0 atom stereocenters. The quantitative estimate of drug-likeness (QED) is 0.837. The SMILES string of the molecule is CC1(C)CCC(Nc2ccc(C(F)(F)F)c(C#N)c2)CC1. The molecule has 0 heterocycles. The van der Waals surface area contributed by atoms with Gasteiger partial charge in [-0.3, -0.25) is 0 Å². The lowest BCUT2D eigenvalue weighted by Crippen LogP contribution is -2.29. The lowest BCUT2D eigenvalue weighted by Gasteiger charge is -2.35. The van der Waals surface area contributed by atoms with Crippen LogP contribution in [0.5, 0.6) is 0 Å². The Labute approximate surface area is 123 Å². The molecule has 1 N–H and O–H groups in total. The first-order chi connectivity index (χ1) is 9.71. The van der Waals surface area contributed by atoms with Gasteiger partial charge in [0.1, 0.15) is 0 Å². The summed E-state index contributed by atoms with van der Waals surface area (Å²) in [7, 11) is 0. The Morgan fingerprint density at radius 3 is 2.38 bits per heavy atom. The van der Waals surface area contributed by atoms with Crippen LogP contribution < -0.4 is 5.32 Å². The third-order valence-corrected chi connectivity index (χ3v) is 4.16. The highest BCUT2D eigenvalue weighted by Crippen LogP contribution is 2.37. The lowest BCUT2D eigenvalue weighted by atomic mass is 9.75. The maximum Gasteiger partial charge on any atom is 0.417 e. The third-order valence-electron chi connectivity index (χ3n) is 4.16. The van der Waals surface area contributed by atoms with Crippen molar-refractivity contribution in [1.82, 2.24) is 0 Å². The molecule has 0 amide bonds. The second-order valence-electron chi connectivity index (χ2n) is 6.45. The standard InChI is InChI=1S/C16H19F3N2/c1-15(2)7-5-12(6-8-15)21-13-3-4-14(16(17,18)19)11(9-13)10-20/h3-4,9,12,21H,5-8H2,1-2H3. The minimum atomic E-state index is -4.49. The number of hydrogen-bond donors (Lipinski definition) is 1. The second-order valence-corrected chi connectivity index (χ2v) is 6.45. The van der Waals surface area contributed by atoms with Crippen LogP contribution in [0.25, 0.3) is 0 Å². The van der Waals surface area contributed by atoms with Crippen molar-refractivity contribution >= 4 is 5.69 Å². The number of nitriles is 1. The first-order valence-corrected chi connectivity index (χ1v) is 7.09. The van der Waals surface area contributed by atoms with Crippen molar-refractivity contribution in [2.75, 3.05) is 5.32 Å². The van der Waals surface area contributed by atoms with Gasteiger partial charge in [-0.15, -0.1) is 0 Å². The summed E-state index contributed by atoms with van der Waals surface area (Å²) in [6.07, 6.45) is -0.308. The molecule has 114 valence electrons. The maximum absolute atomic E-state index is 12.7. The molecule has 2 nitrogen and oxygen atoms in total. The Hall–Kier alpha value is -1.70. The summed E-state index contributed by atoms with van der Waals surface area (Å²) in [5.41, 5.74) is -0.274. The molecule has 1 aromatic carbocycles. The number of anilines is 1. The fourth-order valence-electron chi connectivity index (χ4n) is 2.75. The molecule has 0 aliphatic heterocycles. The topological polar surface area (TPSA) is 35.8 Å². The van der Waals surface area contributed by atoms with Crippen LogP contribution in [0, 0.1) is 16.7 Å². The number of nitrogens with zero attached hydrogens (tertiary/aromatic N) is 1. The minimum Gasteiger partial charge on any atom is -0.382 e. The molecule has 1 saturated carbocycles. The van der Waals surface area contributed by atoms with Crippen LogP contribution in [0.15, 0.2) is 18.2 Å². The minimum absolute atomic E-state index is 0.265. The number of nitrogens with one attached hydrogen (secondary N) is 1. The third kappa shape index (κ3) is 3.90. The van der Waals surface area contributed by atoms with Gasteiger partial charge >= 0.3 is 6.18 Å². The van der Waals surface area contributed by atoms with E-state index in [4.69, 9.17) is 5.26 Å². The van der Waals surface area contributed by atoms with Gasteiger partial charge in [0.15, 0.2) is 0 Å². The molecule has 21 heavy (non-hydrogen) atoms. The highest BCUT2D eigenvalue weighted by atomic mass is 19.4. The van der Waals surface area contributed by atoms with E-state index >= 15 is 0 Å². The van der Waals surface area contributed by atoms with Crippen LogP contribution in [0.3, 0.4) is 0 Å². The van der Waals surface area contributed by atoms with Crippen LogP contribution in [0.4, 0.5) is 18.9 Å². The van der Waals surface area contributed by atoms with Crippen molar-refractivity contribution in [1.29, 1.82) is 5.26 Å². The van der Waals surface area contributed by atoms with Gasteiger partial charge in [-0.05, 0) is 49.3 Å². The van der Waals surface area contributed by atoms with E-state index < -0.39 is 11.7 Å². The first kappa shape index (κ1) is 15.7. The van der Waals surface area contributed by atoms with Crippen molar-refractivity contribution in [2.45, 2.75) is 51.7 Å². The zero-order valence-corrected chi connectivity index (χ0v) is 12.2. The Morgan fingerprint density at radius 1 is 1.24 bits per heavy atom. The van der Waals surface area contributed by atoms with Crippen LogP contribution >= 0.6 is 0 Å². The number of alkyl halides is 3. The van der Waals surface area contributed by atoms with Gasteiger partial charge in [-0.1, -0.05) is 13.8 Å². The monoisotopic (exact) mass is 296 g/mol. The molecule has 0 bridgehead atoms. The van der Waals surface area contributed by atoms with Crippen LogP contribution in [0.2, 0.25) is 0 Å². The summed E-state index contributed by atoms with van der Waals surface area (Å²) >= 11 is 0. The van der Waals surface area contributed by atoms with E-state index in [-0.39, 0.29) is 11.6 Å². The maximum atomic E-state index is 12.7. The smallest absolute Gasteiger partial charge is 0.382 e. The van der Waals surface area contributed by atoms with E-state index in [0.29, 0.717) is 11.1 Å².